The van der Waals surface area contributed by atoms with Crippen LogP contribution in [-0.2, 0) is 0 Å². The number of rotatable bonds is 3. The van der Waals surface area contributed by atoms with Gasteiger partial charge in [0.2, 0.25) is 0 Å². The smallest absolute Gasteiger partial charge is 0.250 e. The molecule has 0 spiro atoms. The van der Waals surface area contributed by atoms with E-state index < -0.39 is 5.91 Å². The van der Waals surface area contributed by atoms with Crippen molar-refractivity contribution in [2.75, 3.05) is 0 Å². The first kappa shape index (κ1) is 15.1. The highest BCUT2D eigenvalue weighted by atomic mass is 16.1. The molecule has 3 N–H and O–H groups in total. The fourth-order valence-electron chi connectivity index (χ4n) is 3.04. The summed E-state index contributed by atoms with van der Waals surface area (Å²) in [5.41, 5.74) is 11.6. The highest BCUT2D eigenvalue weighted by Crippen LogP contribution is 2.26. The van der Waals surface area contributed by atoms with Gasteiger partial charge in [0, 0.05) is 5.56 Å². The molecule has 3 aromatic carbocycles. The number of aryl methyl sites for hydroxylation is 1. The Balaban J connectivity index is 1.77. The number of hydrogen-bond donors (Lipinski definition) is 2. The molecule has 0 saturated heterocycles. The average Bonchev–Trinajstić information content (AvgIpc) is 3.05. The van der Waals surface area contributed by atoms with E-state index in [1.165, 1.54) is 5.56 Å². The summed E-state index contributed by atoms with van der Waals surface area (Å²) in [6.07, 6.45) is 0. The van der Waals surface area contributed by atoms with Gasteiger partial charge in [-0.1, -0.05) is 54.6 Å². The second-order valence-electron chi connectivity index (χ2n) is 6.10. The monoisotopic (exact) mass is 327 g/mol. The van der Waals surface area contributed by atoms with Gasteiger partial charge in [-0.3, -0.25) is 4.79 Å². The van der Waals surface area contributed by atoms with Gasteiger partial charge in [0.25, 0.3) is 5.91 Å². The van der Waals surface area contributed by atoms with Crippen molar-refractivity contribution in [3.05, 3.63) is 77.9 Å². The Labute approximate surface area is 145 Å². The van der Waals surface area contributed by atoms with Gasteiger partial charge in [0.05, 0.1) is 11.1 Å². The summed E-state index contributed by atoms with van der Waals surface area (Å²) in [6.45, 7) is 1.93. The van der Waals surface area contributed by atoms with E-state index in [0.29, 0.717) is 11.1 Å². The predicted molar refractivity (Wildman–Crippen MR) is 100 cm³/mol. The molecule has 122 valence electrons. The van der Waals surface area contributed by atoms with Gasteiger partial charge in [-0.2, -0.15) is 0 Å². The van der Waals surface area contributed by atoms with E-state index in [-0.39, 0.29) is 0 Å². The summed E-state index contributed by atoms with van der Waals surface area (Å²) in [5.74, 6) is 0.258. The van der Waals surface area contributed by atoms with E-state index in [2.05, 4.69) is 34.2 Å². The fourth-order valence-corrected chi connectivity index (χ4v) is 3.04. The number of primary amides is 1. The summed E-state index contributed by atoms with van der Waals surface area (Å²) in [5, 5.41) is 0. The van der Waals surface area contributed by atoms with E-state index >= 15 is 0 Å². The van der Waals surface area contributed by atoms with Gasteiger partial charge in [0.1, 0.15) is 11.3 Å². The quantitative estimate of drug-likeness (QED) is 0.589. The molecular weight excluding hydrogens is 310 g/mol. The minimum Gasteiger partial charge on any atom is -0.366 e. The lowest BCUT2D eigenvalue weighted by Crippen LogP contribution is -2.11. The summed E-state index contributed by atoms with van der Waals surface area (Å²) in [7, 11) is 0. The van der Waals surface area contributed by atoms with E-state index in [9.17, 15) is 4.79 Å². The lowest BCUT2D eigenvalue weighted by atomic mass is 10.0. The lowest BCUT2D eigenvalue weighted by Gasteiger charge is -2.02. The van der Waals surface area contributed by atoms with Crippen molar-refractivity contribution < 1.29 is 4.79 Å². The minimum absolute atomic E-state index is 0.443. The minimum atomic E-state index is -0.467. The Hall–Kier alpha value is -3.40. The van der Waals surface area contributed by atoms with Gasteiger partial charge >= 0.3 is 0 Å². The molecule has 1 amide bonds. The van der Waals surface area contributed by atoms with Crippen molar-refractivity contribution >= 4 is 16.9 Å². The van der Waals surface area contributed by atoms with Crippen LogP contribution in [0.3, 0.4) is 0 Å². The molecule has 0 aliphatic carbocycles. The molecule has 0 bridgehead atoms. The maximum absolute atomic E-state index is 11.7. The molecule has 0 fully saturated rings. The molecule has 25 heavy (non-hydrogen) atoms. The van der Waals surface area contributed by atoms with Crippen LogP contribution in [0.25, 0.3) is 33.5 Å². The number of carbonyl (C=O) groups excluding carboxylic acids is 1. The summed E-state index contributed by atoms with van der Waals surface area (Å²) in [6, 6.07) is 22.1. The number of nitrogens with two attached hydrogens (primary N) is 1. The molecular formula is C21H17N3O. The van der Waals surface area contributed by atoms with Crippen LogP contribution in [0.1, 0.15) is 15.9 Å². The van der Waals surface area contributed by atoms with Crippen LogP contribution < -0.4 is 5.73 Å². The van der Waals surface area contributed by atoms with Crippen LogP contribution >= 0.6 is 0 Å². The summed E-state index contributed by atoms with van der Waals surface area (Å²) < 4.78 is 0. The maximum atomic E-state index is 11.7. The number of aromatic amines is 1. The third kappa shape index (κ3) is 2.78. The number of aromatic nitrogens is 2. The molecule has 1 heterocycles. The molecule has 0 atom stereocenters. The largest absolute Gasteiger partial charge is 0.366 e. The lowest BCUT2D eigenvalue weighted by molar-refractivity contribution is 0.100. The molecule has 1 aromatic heterocycles. The van der Waals surface area contributed by atoms with Crippen LogP contribution in [0.5, 0.6) is 0 Å². The molecule has 0 saturated carbocycles. The zero-order chi connectivity index (χ0) is 17.4. The number of hydrogen-bond acceptors (Lipinski definition) is 2. The number of H-pyrrole nitrogens is 1. The first-order valence-corrected chi connectivity index (χ1v) is 8.08. The third-order valence-electron chi connectivity index (χ3n) is 4.26. The molecule has 0 aliphatic rings. The van der Waals surface area contributed by atoms with Crippen LogP contribution in [0, 0.1) is 6.92 Å². The Morgan fingerprint density at radius 3 is 2.24 bits per heavy atom. The van der Waals surface area contributed by atoms with Gasteiger partial charge in [-0.15, -0.1) is 0 Å². The van der Waals surface area contributed by atoms with Gasteiger partial charge in [-0.25, -0.2) is 4.98 Å². The number of carbonyl (C=O) groups is 1. The molecule has 4 rings (SSSR count). The summed E-state index contributed by atoms with van der Waals surface area (Å²) in [4.78, 5) is 19.6. The van der Waals surface area contributed by atoms with E-state index in [0.717, 1.165) is 28.0 Å². The van der Waals surface area contributed by atoms with Crippen LogP contribution in [0.15, 0.2) is 66.7 Å². The number of fused-ring (bicyclic) bond motifs is 1. The number of nitrogens with zero attached hydrogens (tertiary/aromatic N) is 1. The fraction of sp³-hybridized carbons (Fsp3) is 0.0476. The Morgan fingerprint density at radius 2 is 1.56 bits per heavy atom. The van der Waals surface area contributed by atoms with Crippen LogP contribution in [-0.4, -0.2) is 15.9 Å². The topological polar surface area (TPSA) is 71.8 Å². The average molecular weight is 327 g/mol. The number of nitrogens with one attached hydrogen (secondary N) is 1. The zero-order valence-electron chi connectivity index (χ0n) is 13.8. The second-order valence-corrected chi connectivity index (χ2v) is 6.10. The van der Waals surface area contributed by atoms with Gasteiger partial charge in [-0.05, 0) is 35.7 Å². The molecule has 0 radical (unpaired) electrons. The van der Waals surface area contributed by atoms with Crippen molar-refractivity contribution in [1.82, 2.24) is 9.97 Å². The van der Waals surface area contributed by atoms with Crippen LogP contribution in [0.2, 0.25) is 0 Å². The second kappa shape index (κ2) is 5.91. The van der Waals surface area contributed by atoms with Gasteiger partial charge < -0.3 is 10.7 Å². The maximum Gasteiger partial charge on any atom is 0.250 e. The molecule has 0 unspecified atom stereocenters. The van der Waals surface area contributed by atoms with Gasteiger partial charge in [0.15, 0.2) is 0 Å². The highest BCUT2D eigenvalue weighted by molar-refractivity contribution is 6.05. The van der Waals surface area contributed by atoms with E-state index in [4.69, 9.17) is 5.73 Å². The first-order chi connectivity index (χ1) is 12.1. The highest BCUT2D eigenvalue weighted by Gasteiger charge is 2.13. The van der Waals surface area contributed by atoms with Crippen molar-refractivity contribution in [1.29, 1.82) is 0 Å². The number of imidazole rings is 1. The predicted octanol–water partition coefficient (Wildman–Crippen LogP) is 4.30. The molecule has 4 aromatic rings. The summed E-state index contributed by atoms with van der Waals surface area (Å²) >= 11 is 0. The number of amides is 1. The van der Waals surface area contributed by atoms with Crippen molar-refractivity contribution in [3.8, 4) is 22.5 Å². The number of benzene rings is 3. The standard InChI is InChI=1S/C21H17N3O/c1-13-11-17(20(22)25)19-18(12-13)23-21(24-19)16-9-7-15(8-10-16)14-5-3-2-4-6-14/h2-12H,1H3,(H2,22,25)(H,23,24). The molecule has 0 aliphatic heterocycles. The zero-order valence-corrected chi connectivity index (χ0v) is 13.8. The van der Waals surface area contributed by atoms with E-state index in [1.807, 2.05) is 43.3 Å². The SMILES string of the molecule is Cc1cc(C(N)=O)c2nc(-c3ccc(-c4ccccc4)cc3)[nH]c2c1. The van der Waals surface area contributed by atoms with Crippen molar-refractivity contribution in [3.63, 3.8) is 0 Å². The van der Waals surface area contributed by atoms with Crippen molar-refractivity contribution in [2.24, 2.45) is 5.73 Å². The Bertz CT molecular complexity index is 1060. The third-order valence-corrected chi connectivity index (χ3v) is 4.26. The molecule has 4 heteroatoms. The Kier molecular flexibility index (Phi) is 3.58. The van der Waals surface area contributed by atoms with Crippen molar-refractivity contribution in [2.45, 2.75) is 6.92 Å². The van der Waals surface area contributed by atoms with Crippen LogP contribution in [0.4, 0.5) is 0 Å². The Morgan fingerprint density at radius 1 is 0.920 bits per heavy atom. The first-order valence-electron chi connectivity index (χ1n) is 8.08. The molecule has 4 nitrogen and oxygen atoms in total. The van der Waals surface area contributed by atoms with E-state index in [1.54, 1.807) is 6.07 Å². The normalized spacial score (nSPS) is 10.9.